The molecule has 0 aromatic heterocycles. The number of esters is 1. The Morgan fingerprint density at radius 3 is 2.33 bits per heavy atom. The fourth-order valence-electron chi connectivity index (χ4n) is 1.85. The zero-order valence-corrected chi connectivity index (χ0v) is 14.0. The van der Waals surface area contributed by atoms with E-state index in [1.54, 1.807) is 0 Å². The zero-order valence-electron chi connectivity index (χ0n) is 13.0. The van der Waals surface area contributed by atoms with E-state index in [9.17, 15) is 9.59 Å². The van der Waals surface area contributed by atoms with Gasteiger partial charge in [-0.05, 0) is 11.6 Å². The molecule has 0 aliphatic carbocycles. The molecule has 0 aliphatic heterocycles. The number of nitrogens with one attached hydrogen (secondary N) is 1. The lowest BCUT2D eigenvalue weighted by Crippen LogP contribution is -2.45. The third kappa shape index (κ3) is 6.94. The Morgan fingerprint density at radius 1 is 1.19 bits per heavy atom. The monoisotopic (exact) mass is 309 g/mol. The average molecular weight is 309 g/mol. The van der Waals surface area contributed by atoms with Gasteiger partial charge >= 0.3 is 12.1 Å². The Balaban J connectivity index is 2.54. The quantitative estimate of drug-likeness (QED) is 0.648. The summed E-state index contributed by atoms with van der Waals surface area (Å²) in [6.45, 7) is 6.55. The second-order valence-corrected chi connectivity index (χ2v) is 11.6. The second-order valence-electron chi connectivity index (χ2n) is 6.05. The molecule has 0 saturated carbocycles. The molecule has 0 spiro atoms. The van der Waals surface area contributed by atoms with Crippen LogP contribution in [0.1, 0.15) is 5.56 Å². The molecule has 0 saturated heterocycles. The van der Waals surface area contributed by atoms with Crippen molar-refractivity contribution in [1.29, 1.82) is 0 Å². The third-order valence-electron chi connectivity index (χ3n) is 2.81. The molecule has 1 atom stereocenters. The largest absolute Gasteiger partial charge is 0.467 e. The van der Waals surface area contributed by atoms with E-state index in [1.807, 2.05) is 30.3 Å². The highest BCUT2D eigenvalue weighted by Crippen LogP contribution is 2.13. The first-order valence-electron chi connectivity index (χ1n) is 6.87. The first-order valence-corrected chi connectivity index (χ1v) is 10.6. The zero-order chi connectivity index (χ0) is 15.9. The number of alkyl carbamates (subject to hydrolysis) is 1. The minimum absolute atomic E-state index is 0.174. The topological polar surface area (TPSA) is 64.6 Å². The average Bonchev–Trinajstić information content (AvgIpc) is 2.43. The summed E-state index contributed by atoms with van der Waals surface area (Å²) in [5, 5.41) is 2.59. The molecule has 5 nitrogen and oxygen atoms in total. The minimum Gasteiger partial charge on any atom is -0.467 e. The van der Waals surface area contributed by atoms with Crippen molar-refractivity contribution in [3.8, 4) is 0 Å². The molecule has 6 heteroatoms. The summed E-state index contributed by atoms with van der Waals surface area (Å²) in [6, 6.07) is 9.34. The first kappa shape index (κ1) is 17.2. The molecule has 0 bridgehead atoms. The van der Waals surface area contributed by atoms with Crippen LogP contribution in [0.25, 0.3) is 0 Å². The van der Waals surface area contributed by atoms with Crippen LogP contribution in [0.5, 0.6) is 0 Å². The van der Waals surface area contributed by atoms with Gasteiger partial charge in [0, 0.05) is 8.07 Å². The first-order chi connectivity index (χ1) is 9.81. The van der Waals surface area contributed by atoms with Crippen LogP contribution in [0.2, 0.25) is 25.7 Å². The maximum absolute atomic E-state index is 11.8. The Hall–Kier alpha value is -1.82. The molecule has 0 radical (unpaired) electrons. The lowest BCUT2D eigenvalue weighted by atomic mass is 10.2. The van der Waals surface area contributed by atoms with Crippen molar-refractivity contribution in [2.45, 2.75) is 38.3 Å². The smallest absolute Gasteiger partial charge is 0.408 e. The number of carbonyl (C=O) groups excluding carboxylic acids is 2. The molecular formula is C15H23NO4Si. The van der Waals surface area contributed by atoms with Gasteiger partial charge in [-0.3, -0.25) is 0 Å². The molecular weight excluding hydrogens is 286 g/mol. The van der Waals surface area contributed by atoms with Crippen molar-refractivity contribution in [3.05, 3.63) is 35.9 Å². The van der Waals surface area contributed by atoms with Crippen LogP contribution < -0.4 is 5.32 Å². The number of carbonyl (C=O) groups is 2. The maximum atomic E-state index is 11.8. The third-order valence-corrected chi connectivity index (χ3v) is 4.44. The molecule has 0 aliphatic rings. The summed E-state index contributed by atoms with van der Waals surface area (Å²) in [5.74, 6) is -0.436. The van der Waals surface area contributed by atoms with Crippen LogP contribution >= 0.6 is 0 Å². The Bertz CT molecular complexity index is 470. The van der Waals surface area contributed by atoms with Crippen LogP contribution in [-0.4, -0.2) is 33.3 Å². The Kier molecular flexibility index (Phi) is 6.42. The summed E-state index contributed by atoms with van der Waals surface area (Å²) in [7, 11) is -0.208. The molecule has 1 amide bonds. The van der Waals surface area contributed by atoms with E-state index in [4.69, 9.17) is 9.47 Å². The summed E-state index contributed by atoms with van der Waals surface area (Å²) in [4.78, 5) is 23.5. The standard InChI is InChI=1S/C15H23NO4Si/c1-19-14(17)13(11-21(2,3)4)16-15(18)20-10-12-8-6-5-7-9-12/h5-9,13H,10-11H2,1-4H3,(H,16,18). The summed E-state index contributed by atoms with van der Waals surface area (Å²) >= 11 is 0. The number of rotatable bonds is 6. The molecule has 1 rings (SSSR count). The number of hydrogen-bond donors (Lipinski definition) is 1. The van der Waals surface area contributed by atoms with Gasteiger partial charge < -0.3 is 14.8 Å². The van der Waals surface area contributed by atoms with Gasteiger partial charge in [-0.25, -0.2) is 9.59 Å². The van der Waals surface area contributed by atoms with Crippen molar-refractivity contribution < 1.29 is 19.1 Å². The van der Waals surface area contributed by atoms with Gasteiger partial charge in [0.05, 0.1) is 7.11 Å². The number of benzene rings is 1. The van der Waals surface area contributed by atoms with E-state index < -0.39 is 26.2 Å². The lowest BCUT2D eigenvalue weighted by molar-refractivity contribution is -0.142. The highest BCUT2D eigenvalue weighted by molar-refractivity contribution is 6.76. The van der Waals surface area contributed by atoms with Crippen LogP contribution in [0.15, 0.2) is 30.3 Å². The fraction of sp³-hybridized carbons (Fsp3) is 0.467. The molecule has 1 N–H and O–H groups in total. The van der Waals surface area contributed by atoms with Crippen molar-refractivity contribution in [2.24, 2.45) is 0 Å². The van der Waals surface area contributed by atoms with Crippen molar-refractivity contribution in [3.63, 3.8) is 0 Å². The number of hydrogen-bond acceptors (Lipinski definition) is 4. The predicted molar refractivity (Wildman–Crippen MR) is 83.7 cm³/mol. The normalized spacial score (nSPS) is 12.4. The van der Waals surface area contributed by atoms with Gasteiger partial charge in [0.25, 0.3) is 0 Å². The summed E-state index contributed by atoms with van der Waals surface area (Å²) < 4.78 is 9.86. The van der Waals surface area contributed by atoms with E-state index in [0.29, 0.717) is 6.04 Å². The van der Waals surface area contributed by atoms with Crippen LogP contribution in [0.3, 0.4) is 0 Å². The number of ether oxygens (including phenoxy) is 2. The predicted octanol–water partition coefficient (Wildman–Crippen LogP) is 2.79. The molecule has 1 unspecified atom stereocenters. The highest BCUT2D eigenvalue weighted by Gasteiger charge is 2.28. The van der Waals surface area contributed by atoms with E-state index >= 15 is 0 Å². The summed E-state index contributed by atoms with van der Waals surface area (Å²) in [6.07, 6.45) is -0.604. The molecule has 0 heterocycles. The van der Waals surface area contributed by atoms with Crippen LogP contribution in [-0.2, 0) is 20.9 Å². The number of amides is 1. The number of methoxy groups -OCH3 is 1. The van der Waals surface area contributed by atoms with Gasteiger partial charge in [-0.15, -0.1) is 0 Å². The van der Waals surface area contributed by atoms with E-state index in [-0.39, 0.29) is 6.61 Å². The molecule has 21 heavy (non-hydrogen) atoms. The highest BCUT2D eigenvalue weighted by atomic mass is 28.3. The van der Waals surface area contributed by atoms with Crippen molar-refractivity contribution in [2.75, 3.05) is 7.11 Å². The van der Waals surface area contributed by atoms with Crippen LogP contribution in [0, 0.1) is 0 Å². The van der Waals surface area contributed by atoms with Gasteiger partial charge in [-0.1, -0.05) is 50.0 Å². The van der Waals surface area contributed by atoms with Gasteiger partial charge in [-0.2, -0.15) is 0 Å². The van der Waals surface area contributed by atoms with E-state index in [0.717, 1.165) is 5.56 Å². The van der Waals surface area contributed by atoms with Crippen molar-refractivity contribution >= 4 is 20.1 Å². The van der Waals surface area contributed by atoms with Crippen molar-refractivity contribution in [1.82, 2.24) is 5.32 Å². The minimum atomic E-state index is -1.52. The SMILES string of the molecule is COC(=O)C(C[Si](C)(C)C)NC(=O)OCc1ccccc1. The van der Waals surface area contributed by atoms with Gasteiger partial charge in [0.1, 0.15) is 12.6 Å². The molecule has 0 fully saturated rings. The molecule has 116 valence electrons. The second kappa shape index (κ2) is 7.83. The maximum Gasteiger partial charge on any atom is 0.408 e. The van der Waals surface area contributed by atoms with Gasteiger partial charge in [0.15, 0.2) is 0 Å². The Morgan fingerprint density at radius 2 is 1.81 bits per heavy atom. The molecule has 1 aromatic carbocycles. The molecule has 1 aromatic rings. The van der Waals surface area contributed by atoms with E-state index in [2.05, 4.69) is 25.0 Å². The Labute approximate surface area is 126 Å². The van der Waals surface area contributed by atoms with E-state index in [1.165, 1.54) is 7.11 Å². The summed E-state index contributed by atoms with van der Waals surface area (Å²) in [5.41, 5.74) is 0.896. The fourth-order valence-corrected chi connectivity index (χ4v) is 3.35. The van der Waals surface area contributed by atoms with Gasteiger partial charge in [0.2, 0.25) is 0 Å². The lowest BCUT2D eigenvalue weighted by Gasteiger charge is -2.23. The van der Waals surface area contributed by atoms with Crippen LogP contribution in [0.4, 0.5) is 4.79 Å².